The summed E-state index contributed by atoms with van der Waals surface area (Å²) in [5, 5.41) is 0.584. The summed E-state index contributed by atoms with van der Waals surface area (Å²) in [5.41, 5.74) is 7.54. The molecule has 1 heterocycles. The number of nitrogens with one attached hydrogen (secondary N) is 2. The highest BCUT2D eigenvalue weighted by atomic mass is 32.1. The summed E-state index contributed by atoms with van der Waals surface area (Å²) in [6, 6.07) is 11.5. The van der Waals surface area contributed by atoms with Crippen molar-refractivity contribution in [1.29, 1.82) is 0 Å². The van der Waals surface area contributed by atoms with Gasteiger partial charge in [0.15, 0.2) is 0 Å². The highest BCUT2D eigenvalue weighted by Gasteiger charge is 2.08. The zero-order valence-corrected chi connectivity index (χ0v) is 12.0. The van der Waals surface area contributed by atoms with E-state index in [4.69, 9.17) is 0 Å². The van der Waals surface area contributed by atoms with E-state index in [0.717, 1.165) is 15.8 Å². The Hall–Kier alpha value is -2.47. The molecule has 21 heavy (non-hydrogen) atoms. The summed E-state index contributed by atoms with van der Waals surface area (Å²) in [6.45, 7) is 2.01. The zero-order valence-electron chi connectivity index (χ0n) is 11.2. The number of hydrogen-bond donors (Lipinski definition) is 2. The molecule has 4 nitrogen and oxygen atoms in total. The molecule has 0 unspecified atom stereocenters. The third-order valence-electron chi connectivity index (χ3n) is 2.91. The maximum absolute atomic E-state index is 13.1. The molecule has 6 heteroatoms. The number of carbonyl (C=O) groups is 1. The SMILES string of the molecule is Cc1ccc2nc(NNC(=O)c3cccc(F)c3)sc2c1. The number of fused-ring (bicyclic) bond motifs is 1. The number of hydrogen-bond acceptors (Lipinski definition) is 4. The van der Waals surface area contributed by atoms with Crippen molar-refractivity contribution in [2.45, 2.75) is 6.92 Å². The van der Waals surface area contributed by atoms with Crippen molar-refractivity contribution >= 4 is 32.6 Å². The molecule has 1 aromatic heterocycles. The molecule has 106 valence electrons. The van der Waals surface area contributed by atoms with Gasteiger partial charge in [0.1, 0.15) is 5.82 Å². The van der Waals surface area contributed by atoms with Crippen LogP contribution < -0.4 is 10.9 Å². The van der Waals surface area contributed by atoms with Crippen LogP contribution in [0.2, 0.25) is 0 Å². The van der Waals surface area contributed by atoms with E-state index in [2.05, 4.69) is 15.8 Å². The normalized spacial score (nSPS) is 10.6. The number of anilines is 1. The van der Waals surface area contributed by atoms with Gasteiger partial charge in [-0.15, -0.1) is 0 Å². The van der Waals surface area contributed by atoms with Crippen molar-refractivity contribution < 1.29 is 9.18 Å². The molecule has 1 amide bonds. The minimum Gasteiger partial charge on any atom is -0.273 e. The number of thiazole rings is 1. The van der Waals surface area contributed by atoms with Crippen LogP contribution in [-0.4, -0.2) is 10.9 Å². The molecule has 0 aliphatic heterocycles. The predicted octanol–water partition coefficient (Wildman–Crippen LogP) is 3.50. The van der Waals surface area contributed by atoms with Crippen LogP contribution in [0.1, 0.15) is 15.9 Å². The molecule has 0 fully saturated rings. The number of amides is 1. The molecular formula is C15H12FN3OS. The molecule has 2 N–H and O–H groups in total. The quantitative estimate of drug-likeness (QED) is 0.728. The number of aromatic nitrogens is 1. The first-order valence-corrected chi connectivity index (χ1v) is 7.12. The standard InChI is InChI=1S/C15H12FN3OS/c1-9-5-6-12-13(7-9)21-15(17-12)19-18-14(20)10-3-2-4-11(16)8-10/h2-8H,1H3,(H,17,19)(H,18,20). The van der Waals surface area contributed by atoms with Gasteiger partial charge < -0.3 is 0 Å². The first kappa shape index (κ1) is 13.5. The fourth-order valence-corrected chi connectivity index (χ4v) is 2.81. The second kappa shape index (κ2) is 5.49. The molecule has 3 aromatic rings. The molecule has 0 bridgehead atoms. The van der Waals surface area contributed by atoms with Gasteiger partial charge in [-0.3, -0.25) is 15.6 Å². The third kappa shape index (κ3) is 3.00. The first-order chi connectivity index (χ1) is 10.1. The second-order valence-corrected chi connectivity index (χ2v) is 5.61. The van der Waals surface area contributed by atoms with Crippen LogP contribution in [0, 0.1) is 12.7 Å². The lowest BCUT2D eigenvalue weighted by Crippen LogP contribution is -2.29. The van der Waals surface area contributed by atoms with Crippen molar-refractivity contribution in [3.8, 4) is 0 Å². The Morgan fingerprint density at radius 2 is 2.10 bits per heavy atom. The third-order valence-corrected chi connectivity index (χ3v) is 3.85. The number of carbonyl (C=O) groups excluding carboxylic acids is 1. The zero-order chi connectivity index (χ0) is 14.8. The van der Waals surface area contributed by atoms with Crippen LogP contribution in [0.5, 0.6) is 0 Å². The topological polar surface area (TPSA) is 54.0 Å². The van der Waals surface area contributed by atoms with Gasteiger partial charge in [-0.05, 0) is 42.8 Å². The van der Waals surface area contributed by atoms with Crippen molar-refractivity contribution in [2.75, 3.05) is 5.43 Å². The van der Waals surface area contributed by atoms with E-state index in [0.29, 0.717) is 5.13 Å². The molecule has 0 radical (unpaired) electrons. The van der Waals surface area contributed by atoms with Crippen molar-refractivity contribution in [1.82, 2.24) is 10.4 Å². The molecule has 0 saturated carbocycles. The van der Waals surface area contributed by atoms with E-state index in [1.165, 1.54) is 29.5 Å². The molecule has 2 aromatic carbocycles. The summed E-state index contributed by atoms with van der Waals surface area (Å²) in [5.74, 6) is -0.858. The van der Waals surface area contributed by atoms with Crippen LogP contribution in [0.25, 0.3) is 10.2 Å². The highest BCUT2D eigenvalue weighted by molar-refractivity contribution is 7.22. The minimum absolute atomic E-state index is 0.249. The van der Waals surface area contributed by atoms with E-state index >= 15 is 0 Å². The first-order valence-electron chi connectivity index (χ1n) is 6.31. The molecule has 3 rings (SSSR count). The Morgan fingerprint density at radius 3 is 2.90 bits per heavy atom. The van der Waals surface area contributed by atoms with E-state index in [1.807, 2.05) is 25.1 Å². The predicted molar refractivity (Wildman–Crippen MR) is 81.8 cm³/mol. The fraction of sp³-hybridized carbons (Fsp3) is 0.0667. The molecule has 0 spiro atoms. The average Bonchev–Trinajstić information content (AvgIpc) is 2.86. The van der Waals surface area contributed by atoms with Crippen molar-refractivity contribution in [2.24, 2.45) is 0 Å². The summed E-state index contributed by atoms with van der Waals surface area (Å²) in [4.78, 5) is 16.2. The molecule has 0 atom stereocenters. The number of benzene rings is 2. The van der Waals surface area contributed by atoms with E-state index in [9.17, 15) is 9.18 Å². The lowest BCUT2D eigenvalue weighted by atomic mass is 10.2. The highest BCUT2D eigenvalue weighted by Crippen LogP contribution is 2.26. The second-order valence-electron chi connectivity index (χ2n) is 4.58. The Labute approximate surface area is 124 Å². The number of aryl methyl sites for hydroxylation is 1. The molecule has 0 saturated heterocycles. The summed E-state index contributed by atoms with van der Waals surface area (Å²) in [7, 11) is 0. The Kier molecular flexibility index (Phi) is 3.53. The molecule has 0 aliphatic carbocycles. The van der Waals surface area contributed by atoms with Crippen LogP contribution >= 0.6 is 11.3 Å². The Morgan fingerprint density at radius 1 is 1.24 bits per heavy atom. The summed E-state index contributed by atoms with van der Waals surface area (Å²) < 4.78 is 14.1. The summed E-state index contributed by atoms with van der Waals surface area (Å²) in [6.07, 6.45) is 0. The summed E-state index contributed by atoms with van der Waals surface area (Å²) >= 11 is 1.44. The Bertz CT molecular complexity index is 816. The Balaban J connectivity index is 1.72. The van der Waals surface area contributed by atoms with Crippen molar-refractivity contribution in [3.63, 3.8) is 0 Å². The maximum atomic E-state index is 13.1. The van der Waals surface area contributed by atoms with Crippen LogP contribution in [-0.2, 0) is 0 Å². The maximum Gasteiger partial charge on any atom is 0.269 e. The van der Waals surface area contributed by atoms with Gasteiger partial charge in [-0.1, -0.05) is 23.5 Å². The van der Waals surface area contributed by atoms with Gasteiger partial charge in [0, 0.05) is 5.56 Å². The molecular weight excluding hydrogens is 289 g/mol. The minimum atomic E-state index is -0.446. The van der Waals surface area contributed by atoms with Gasteiger partial charge in [0.2, 0.25) is 5.13 Å². The lowest BCUT2D eigenvalue weighted by Gasteiger charge is -2.05. The number of nitrogens with zero attached hydrogens (tertiary/aromatic N) is 1. The number of hydrazine groups is 1. The lowest BCUT2D eigenvalue weighted by molar-refractivity contribution is 0.0962. The fourth-order valence-electron chi connectivity index (χ4n) is 1.90. The van der Waals surface area contributed by atoms with Gasteiger partial charge >= 0.3 is 0 Å². The van der Waals surface area contributed by atoms with Gasteiger partial charge in [-0.2, -0.15) is 0 Å². The van der Waals surface area contributed by atoms with Gasteiger partial charge in [0.05, 0.1) is 10.2 Å². The number of halogens is 1. The monoisotopic (exact) mass is 301 g/mol. The van der Waals surface area contributed by atoms with Crippen LogP contribution in [0.4, 0.5) is 9.52 Å². The largest absolute Gasteiger partial charge is 0.273 e. The van der Waals surface area contributed by atoms with E-state index in [-0.39, 0.29) is 5.56 Å². The van der Waals surface area contributed by atoms with Crippen LogP contribution in [0.3, 0.4) is 0 Å². The van der Waals surface area contributed by atoms with Gasteiger partial charge in [-0.25, -0.2) is 9.37 Å². The average molecular weight is 301 g/mol. The van der Waals surface area contributed by atoms with Gasteiger partial charge in [0.25, 0.3) is 5.91 Å². The number of rotatable bonds is 3. The smallest absolute Gasteiger partial charge is 0.269 e. The van der Waals surface area contributed by atoms with E-state index in [1.54, 1.807) is 6.07 Å². The van der Waals surface area contributed by atoms with Crippen molar-refractivity contribution in [3.05, 3.63) is 59.4 Å². The van der Waals surface area contributed by atoms with E-state index < -0.39 is 11.7 Å². The molecule has 0 aliphatic rings. The van der Waals surface area contributed by atoms with Crippen LogP contribution in [0.15, 0.2) is 42.5 Å².